The molecule has 0 fully saturated rings. The van der Waals surface area contributed by atoms with Crippen LogP contribution >= 0.6 is 15.9 Å². The SMILES string of the molecule is COc1ccc([N+](=O)[O-])cc1O[C@H](C)C(=O)Nc1ccc(C)cc1Br. The molecule has 1 atom stereocenters. The van der Waals surface area contributed by atoms with E-state index < -0.39 is 16.9 Å². The largest absolute Gasteiger partial charge is 0.493 e. The van der Waals surface area contributed by atoms with Crippen LogP contribution in [0.3, 0.4) is 0 Å². The zero-order valence-corrected chi connectivity index (χ0v) is 15.5. The average Bonchev–Trinajstić information content (AvgIpc) is 2.57. The number of hydrogen-bond donors (Lipinski definition) is 1. The molecule has 0 unspecified atom stereocenters. The van der Waals surface area contributed by atoms with Gasteiger partial charge in [0.05, 0.1) is 23.8 Å². The number of nitrogens with one attached hydrogen (secondary N) is 1. The molecule has 0 spiro atoms. The number of nitro groups is 1. The number of benzene rings is 2. The quantitative estimate of drug-likeness (QED) is 0.574. The van der Waals surface area contributed by atoms with Gasteiger partial charge in [-0.1, -0.05) is 6.07 Å². The highest BCUT2D eigenvalue weighted by atomic mass is 79.9. The molecule has 0 saturated heterocycles. The zero-order chi connectivity index (χ0) is 18.6. The molecule has 0 radical (unpaired) electrons. The highest BCUT2D eigenvalue weighted by Gasteiger charge is 2.20. The van der Waals surface area contributed by atoms with Gasteiger partial charge in [0.25, 0.3) is 11.6 Å². The van der Waals surface area contributed by atoms with E-state index in [9.17, 15) is 14.9 Å². The van der Waals surface area contributed by atoms with Crippen molar-refractivity contribution in [2.75, 3.05) is 12.4 Å². The van der Waals surface area contributed by atoms with Crippen molar-refractivity contribution in [1.29, 1.82) is 0 Å². The van der Waals surface area contributed by atoms with Crippen molar-refractivity contribution in [3.63, 3.8) is 0 Å². The summed E-state index contributed by atoms with van der Waals surface area (Å²) in [6.07, 6.45) is -0.885. The second-order valence-electron chi connectivity index (χ2n) is 5.32. The first-order chi connectivity index (χ1) is 11.8. The van der Waals surface area contributed by atoms with Crippen molar-refractivity contribution in [1.82, 2.24) is 0 Å². The molecule has 25 heavy (non-hydrogen) atoms. The van der Waals surface area contributed by atoms with E-state index in [4.69, 9.17) is 9.47 Å². The second kappa shape index (κ2) is 7.98. The van der Waals surface area contributed by atoms with Gasteiger partial charge in [0.2, 0.25) is 0 Å². The highest BCUT2D eigenvalue weighted by molar-refractivity contribution is 9.10. The molecule has 0 aromatic heterocycles. The molecule has 0 heterocycles. The molecule has 0 aliphatic carbocycles. The second-order valence-corrected chi connectivity index (χ2v) is 6.18. The number of anilines is 1. The number of carbonyl (C=O) groups is 1. The summed E-state index contributed by atoms with van der Waals surface area (Å²) in [7, 11) is 1.42. The Kier molecular flexibility index (Phi) is 5.97. The maximum Gasteiger partial charge on any atom is 0.273 e. The van der Waals surface area contributed by atoms with Gasteiger partial charge < -0.3 is 14.8 Å². The van der Waals surface area contributed by atoms with Crippen LogP contribution in [0.15, 0.2) is 40.9 Å². The molecule has 1 amide bonds. The Labute approximate surface area is 153 Å². The van der Waals surface area contributed by atoms with Crippen molar-refractivity contribution in [3.05, 3.63) is 56.5 Å². The Morgan fingerprint density at radius 2 is 1.96 bits per heavy atom. The van der Waals surface area contributed by atoms with Gasteiger partial charge in [-0.15, -0.1) is 0 Å². The van der Waals surface area contributed by atoms with E-state index in [2.05, 4.69) is 21.2 Å². The molecule has 0 aliphatic heterocycles. The summed E-state index contributed by atoms with van der Waals surface area (Å²) in [5.74, 6) is 0.0437. The molecule has 0 bridgehead atoms. The van der Waals surface area contributed by atoms with Crippen LogP contribution in [0.2, 0.25) is 0 Å². The van der Waals surface area contributed by atoms with Crippen LogP contribution < -0.4 is 14.8 Å². The predicted molar refractivity (Wildman–Crippen MR) is 97.2 cm³/mol. The summed E-state index contributed by atoms with van der Waals surface area (Å²) < 4.78 is 11.4. The van der Waals surface area contributed by atoms with Gasteiger partial charge in [0.1, 0.15) is 0 Å². The fourth-order valence-electron chi connectivity index (χ4n) is 2.07. The zero-order valence-electron chi connectivity index (χ0n) is 13.9. The number of hydrogen-bond acceptors (Lipinski definition) is 5. The number of ether oxygens (including phenoxy) is 2. The van der Waals surface area contributed by atoms with E-state index in [0.29, 0.717) is 11.4 Å². The summed E-state index contributed by atoms with van der Waals surface area (Å²) in [5, 5.41) is 13.7. The van der Waals surface area contributed by atoms with Gasteiger partial charge in [0, 0.05) is 10.5 Å². The van der Waals surface area contributed by atoms with Gasteiger partial charge in [-0.05, 0) is 53.5 Å². The van der Waals surface area contributed by atoms with Gasteiger partial charge in [-0.2, -0.15) is 0 Å². The minimum absolute atomic E-state index is 0.127. The lowest BCUT2D eigenvalue weighted by Gasteiger charge is -2.17. The Morgan fingerprint density at radius 3 is 2.56 bits per heavy atom. The lowest BCUT2D eigenvalue weighted by molar-refractivity contribution is -0.385. The van der Waals surface area contributed by atoms with Crippen LogP contribution in [0.4, 0.5) is 11.4 Å². The number of rotatable bonds is 6. The number of methoxy groups -OCH3 is 1. The standard InChI is InChI=1S/C17H17BrN2O5/c1-10-4-6-14(13(18)8-10)19-17(21)11(2)25-16-9-12(20(22)23)5-7-15(16)24-3/h4-9,11H,1-3H3,(H,19,21)/t11-/m1/s1. The first kappa shape index (κ1) is 18.7. The smallest absolute Gasteiger partial charge is 0.273 e. The maximum atomic E-state index is 12.3. The van der Waals surface area contributed by atoms with Gasteiger partial charge in [-0.3, -0.25) is 14.9 Å². The van der Waals surface area contributed by atoms with E-state index in [1.807, 2.05) is 19.1 Å². The minimum Gasteiger partial charge on any atom is -0.493 e. The summed E-state index contributed by atoms with van der Waals surface area (Å²) in [6.45, 7) is 3.49. The first-order valence-electron chi connectivity index (χ1n) is 7.38. The molecule has 0 aliphatic rings. The summed E-state index contributed by atoms with van der Waals surface area (Å²) in [6, 6.07) is 9.48. The van der Waals surface area contributed by atoms with Crippen LogP contribution in [0.25, 0.3) is 0 Å². The van der Waals surface area contributed by atoms with Crippen molar-refractivity contribution < 1.29 is 19.2 Å². The van der Waals surface area contributed by atoms with E-state index in [0.717, 1.165) is 10.0 Å². The van der Waals surface area contributed by atoms with Gasteiger partial charge in [-0.25, -0.2) is 0 Å². The molecule has 1 N–H and O–H groups in total. The Bertz CT molecular complexity index is 810. The number of nitrogens with zero attached hydrogens (tertiary/aromatic N) is 1. The Morgan fingerprint density at radius 1 is 1.24 bits per heavy atom. The van der Waals surface area contributed by atoms with Crippen LogP contribution in [-0.4, -0.2) is 24.0 Å². The van der Waals surface area contributed by atoms with Crippen molar-refractivity contribution in [3.8, 4) is 11.5 Å². The lowest BCUT2D eigenvalue weighted by atomic mass is 10.2. The van der Waals surface area contributed by atoms with E-state index >= 15 is 0 Å². The molecule has 132 valence electrons. The maximum absolute atomic E-state index is 12.3. The highest BCUT2D eigenvalue weighted by Crippen LogP contribution is 2.32. The number of aryl methyl sites for hydroxylation is 1. The van der Waals surface area contributed by atoms with Gasteiger partial charge >= 0.3 is 0 Å². The number of amides is 1. The topological polar surface area (TPSA) is 90.7 Å². The van der Waals surface area contributed by atoms with Crippen molar-refractivity contribution in [2.45, 2.75) is 20.0 Å². The van der Waals surface area contributed by atoms with Crippen molar-refractivity contribution >= 4 is 33.2 Å². The summed E-state index contributed by atoms with van der Waals surface area (Å²) >= 11 is 3.39. The third-order valence-corrected chi connectivity index (χ3v) is 4.07. The monoisotopic (exact) mass is 408 g/mol. The van der Waals surface area contributed by atoms with Crippen LogP contribution in [-0.2, 0) is 4.79 Å². The molecule has 2 rings (SSSR count). The first-order valence-corrected chi connectivity index (χ1v) is 8.17. The molecule has 2 aromatic rings. The summed E-state index contributed by atoms with van der Waals surface area (Å²) in [5.41, 5.74) is 1.51. The molecule has 7 nitrogen and oxygen atoms in total. The number of carbonyl (C=O) groups excluding carboxylic acids is 1. The van der Waals surface area contributed by atoms with Gasteiger partial charge in [0.15, 0.2) is 17.6 Å². The number of halogens is 1. The van der Waals surface area contributed by atoms with Crippen LogP contribution in [0.5, 0.6) is 11.5 Å². The lowest BCUT2D eigenvalue weighted by Crippen LogP contribution is -2.30. The number of non-ortho nitro benzene ring substituents is 1. The Balaban J connectivity index is 2.15. The molecular weight excluding hydrogens is 392 g/mol. The van der Waals surface area contributed by atoms with Crippen LogP contribution in [0, 0.1) is 17.0 Å². The minimum atomic E-state index is -0.885. The normalized spacial score (nSPS) is 11.5. The average molecular weight is 409 g/mol. The summed E-state index contributed by atoms with van der Waals surface area (Å²) in [4.78, 5) is 22.7. The number of nitro benzene ring substituents is 1. The third-order valence-electron chi connectivity index (χ3n) is 3.41. The van der Waals surface area contributed by atoms with E-state index in [-0.39, 0.29) is 11.4 Å². The Hall–Kier alpha value is -2.61. The molecule has 0 saturated carbocycles. The fourth-order valence-corrected chi connectivity index (χ4v) is 2.66. The van der Waals surface area contributed by atoms with E-state index in [1.165, 1.54) is 25.3 Å². The molecular formula is C17H17BrN2O5. The van der Waals surface area contributed by atoms with E-state index in [1.54, 1.807) is 13.0 Å². The molecule has 2 aromatic carbocycles. The third kappa shape index (κ3) is 4.69. The molecule has 8 heteroatoms. The van der Waals surface area contributed by atoms with Crippen LogP contribution in [0.1, 0.15) is 12.5 Å². The van der Waals surface area contributed by atoms with Crippen molar-refractivity contribution in [2.24, 2.45) is 0 Å². The predicted octanol–water partition coefficient (Wildman–Crippen LogP) is 4.08. The fraction of sp³-hybridized carbons (Fsp3) is 0.235.